The fourth-order valence-corrected chi connectivity index (χ4v) is 1.30. The third-order valence-electron chi connectivity index (χ3n) is 2.28. The van der Waals surface area contributed by atoms with E-state index in [0.717, 1.165) is 12.8 Å². The van der Waals surface area contributed by atoms with Gasteiger partial charge in [-0.25, -0.2) is 24.3 Å². The molecule has 0 spiro atoms. The quantitative estimate of drug-likeness (QED) is 0.713. The zero-order valence-electron chi connectivity index (χ0n) is 9.74. The summed E-state index contributed by atoms with van der Waals surface area (Å²) in [5.74, 6) is 0. The Hall–Kier alpha value is -0.560. The molecule has 0 unspecified atom stereocenters. The molecule has 0 nitrogen and oxygen atoms in total. The molecule has 0 aromatic heterocycles. The van der Waals surface area contributed by atoms with Crippen molar-refractivity contribution in [1.29, 1.82) is 0 Å². The predicted octanol–water partition coefficient (Wildman–Crippen LogP) is 3.13. The number of hydrogen-bond donors (Lipinski definition) is 0. The number of rotatable bonds is 2. The van der Waals surface area contributed by atoms with Crippen LogP contribution in [0.5, 0.6) is 0 Å². The van der Waals surface area contributed by atoms with Gasteiger partial charge in [-0.3, -0.25) is 0 Å². The Balaban J connectivity index is 0.000000245. The summed E-state index contributed by atoms with van der Waals surface area (Å²) in [6, 6.07) is 16.8. The molecule has 0 fully saturated rings. The van der Waals surface area contributed by atoms with Gasteiger partial charge in [-0.1, -0.05) is 26.7 Å². The van der Waals surface area contributed by atoms with Crippen molar-refractivity contribution in [2.24, 2.45) is 0 Å². The van der Waals surface area contributed by atoms with Gasteiger partial charge in [0.05, 0.1) is 0 Å². The van der Waals surface area contributed by atoms with E-state index in [1.807, 2.05) is 0 Å². The van der Waals surface area contributed by atoms with Crippen LogP contribution in [0, 0.1) is 0 Å². The molecule has 0 N–H and O–H groups in total. The predicted molar refractivity (Wildman–Crippen MR) is 67.0 cm³/mol. The van der Waals surface area contributed by atoms with Crippen LogP contribution in [0.4, 0.5) is 0 Å². The first-order valence-corrected chi connectivity index (χ1v) is 5.28. The van der Waals surface area contributed by atoms with Crippen molar-refractivity contribution in [3.63, 3.8) is 0 Å². The van der Waals surface area contributed by atoms with Gasteiger partial charge in [-0.2, -0.15) is 35.4 Å². The fraction of sp³-hybridized carbons (Fsp3) is 0.286. The molecular formula is C14H21Ta-2. The molecule has 0 aliphatic rings. The van der Waals surface area contributed by atoms with Gasteiger partial charge in [0, 0.05) is 0 Å². The van der Waals surface area contributed by atoms with E-state index in [9.17, 15) is 0 Å². The zero-order chi connectivity index (χ0) is 10.2. The number of aryl methyl sites for hydroxylation is 2. The van der Waals surface area contributed by atoms with Crippen LogP contribution in [0.3, 0.4) is 0 Å². The monoisotopic (exact) mass is 370 g/mol. The summed E-state index contributed by atoms with van der Waals surface area (Å²) in [5.41, 5.74) is 2.86. The second kappa shape index (κ2) is 8.72. The summed E-state index contributed by atoms with van der Waals surface area (Å²) in [4.78, 5) is 0. The molecule has 15 heavy (non-hydrogen) atoms. The van der Waals surface area contributed by atoms with E-state index in [1.54, 1.807) is 0 Å². The number of hydrogen-bond acceptors (Lipinski definition) is 0. The molecule has 84 valence electrons. The summed E-state index contributed by atoms with van der Waals surface area (Å²) in [7, 11) is 0. The SMILES string of the molecule is CC[c-]1cccc1.CC[c-]1cccc1.[TaH3]. The molecule has 2 rings (SSSR count). The van der Waals surface area contributed by atoms with Crippen LogP contribution in [-0.2, 0) is 35.2 Å². The first-order valence-electron chi connectivity index (χ1n) is 5.28. The van der Waals surface area contributed by atoms with Gasteiger partial charge in [0.25, 0.3) is 0 Å². The van der Waals surface area contributed by atoms with Crippen LogP contribution in [0.15, 0.2) is 48.5 Å². The van der Waals surface area contributed by atoms with Gasteiger partial charge in [-0.15, -0.1) is 0 Å². The van der Waals surface area contributed by atoms with Crippen LogP contribution in [0.2, 0.25) is 0 Å². The van der Waals surface area contributed by atoms with Crippen molar-refractivity contribution in [3.8, 4) is 0 Å². The van der Waals surface area contributed by atoms with Crippen molar-refractivity contribution in [2.45, 2.75) is 26.7 Å². The average Bonchev–Trinajstić information content (AvgIpc) is 2.92. The Kier molecular flexibility index (Phi) is 8.40. The molecule has 0 aliphatic heterocycles. The molecule has 0 saturated carbocycles. The standard InChI is InChI=1S/2C7H9.Ta.3H/c2*1-2-7-5-3-4-6-7;;;;/h2*3-6H,2H2,1H3;;;;/q2*-1;;;;. The van der Waals surface area contributed by atoms with E-state index in [-0.39, 0.29) is 22.4 Å². The van der Waals surface area contributed by atoms with Crippen molar-refractivity contribution in [3.05, 3.63) is 59.7 Å². The Labute approximate surface area is 109 Å². The minimum absolute atomic E-state index is 0. The van der Waals surface area contributed by atoms with Crippen LogP contribution < -0.4 is 0 Å². The van der Waals surface area contributed by atoms with E-state index >= 15 is 0 Å². The molecule has 2 aromatic rings. The van der Waals surface area contributed by atoms with Gasteiger partial charge in [0.2, 0.25) is 0 Å². The fourth-order valence-electron chi connectivity index (χ4n) is 1.30. The maximum atomic E-state index is 2.16. The van der Waals surface area contributed by atoms with Crippen LogP contribution in [-0.4, -0.2) is 0 Å². The van der Waals surface area contributed by atoms with Gasteiger partial charge in [0.15, 0.2) is 0 Å². The second-order valence-corrected chi connectivity index (χ2v) is 3.29. The van der Waals surface area contributed by atoms with Crippen molar-refractivity contribution >= 4 is 0 Å². The molecule has 0 heterocycles. The van der Waals surface area contributed by atoms with Gasteiger partial charge < -0.3 is 0 Å². The molecule has 0 amide bonds. The van der Waals surface area contributed by atoms with Crippen molar-refractivity contribution < 1.29 is 22.4 Å². The molecule has 1 radical (unpaired) electrons. The van der Waals surface area contributed by atoms with Gasteiger partial charge >= 0.3 is 22.4 Å². The topological polar surface area (TPSA) is 0 Å². The third-order valence-corrected chi connectivity index (χ3v) is 2.28. The van der Waals surface area contributed by atoms with E-state index in [2.05, 4.69) is 62.4 Å². The second-order valence-electron chi connectivity index (χ2n) is 3.29. The van der Waals surface area contributed by atoms with E-state index in [4.69, 9.17) is 0 Å². The van der Waals surface area contributed by atoms with Crippen molar-refractivity contribution in [1.82, 2.24) is 0 Å². The first kappa shape index (κ1) is 14.4. The molecule has 1 heteroatoms. The Morgan fingerprint density at radius 1 is 0.667 bits per heavy atom. The average molecular weight is 370 g/mol. The molecule has 0 aliphatic carbocycles. The molecule has 0 bridgehead atoms. The zero-order valence-corrected chi connectivity index (χ0v) is 14.8. The van der Waals surface area contributed by atoms with Crippen LogP contribution >= 0.6 is 0 Å². The Bertz CT molecular complexity index is 269. The van der Waals surface area contributed by atoms with Crippen LogP contribution in [0.1, 0.15) is 25.0 Å². The summed E-state index contributed by atoms with van der Waals surface area (Å²) in [5, 5.41) is 0. The van der Waals surface area contributed by atoms with Crippen molar-refractivity contribution in [2.75, 3.05) is 0 Å². The normalized spacial score (nSPS) is 8.67. The molecular weight excluding hydrogens is 349 g/mol. The maximum absolute atomic E-state index is 2.16. The van der Waals surface area contributed by atoms with E-state index in [0.29, 0.717) is 0 Å². The van der Waals surface area contributed by atoms with Gasteiger partial charge in [-0.05, 0) is 0 Å². The third kappa shape index (κ3) is 5.78. The Morgan fingerprint density at radius 3 is 1.07 bits per heavy atom. The van der Waals surface area contributed by atoms with E-state index < -0.39 is 0 Å². The van der Waals surface area contributed by atoms with Gasteiger partial charge in [0.1, 0.15) is 0 Å². The first-order chi connectivity index (χ1) is 6.86. The summed E-state index contributed by atoms with van der Waals surface area (Å²) < 4.78 is 0. The summed E-state index contributed by atoms with van der Waals surface area (Å²) in [6.45, 7) is 4.32. The minimum atomic E-state index is 0. The molecule has 0 saturated heterocycles. The Morgan fingerprint density at radius 2 is 0.933 bits per heavy atom. The van der Waals surface area contributed by atoms with Crippen LogP contribution in [0.25, 0.3) is 0 Å². The molecule has 2 aromatic carbocycles. The summed E-state index contributed by atoms with van der Waals surface area (Å²) >= 11 is 0. The van der Waals surface area contributed by atoms with E-state index in [1.165, 1.54) is 11.1 Å². The summed E-state index contributed by atoms with van der Waals surface area (Å²) in [6.07, 6.45) is 2.32. The molecule has 0 atom stereocenters.